The van der Waals surface area contributed by atoms with Crippen LogP contribution in [0, 0.1) is 0 Å². The topological polar surface area (TPSA) is 64.7 Å². The van der Waals surface area contributed by atoms with Gasteiger partial charge in [-0.15, -0.1) is 0 Å². The van der Waals surface area contributed by atoms with Crippen molar-refractivity contribution in [2.24, 2.45) is 0 Å². The molecule has 1 aliphatic heterocycles. The van der Waals surface area contributed by atoms with Crippen LogP contribution in [0.1, 0.15) is 10.4 Å². The molecule has 0 aliphatic carbocycles. The summed E-state index contributed by atoms with van der Waals surface area (Å²) in [5, 5.41) is 5.66. The second kappa shape index (κ2) is 9.12. The Morgan fingerprint density at radius 2 is 1.50 bits per heavy atom. The fraction of sp³-hybridized carbons (Fsp3) is 0.250. The number of piperazine rings is 1. The normalized spacial score (nSPS) is 14.2. The highest BCUT2D eigenvalue weighted by molar-refractivity contribution is 7.80. The molecular formula is C20H19F3N4O2S. The molecule has 1 heterocycles. The summed E-state index contributed by atoms with van der Waals surface area (Å²) in [6.07, 6.45) is -4.84. The summed E-state index contributed by atoms with van der Waals surface area (Å²) in [6.45, 7) is 0.627. The Hall–Kier alpha value is -3.14. The fourth-order valence-corrected chi connectivity index (χ4v) is 3.24. The Morgan fingerprint density at radius 1 is 0.900 bits per heavy atom. The number of hydrogen-bond acceptors (Lipinski definition) is 4. The molecule has 6 nitrogen and oxygen atoms in total. The summed E-state index contributed by atoms with van der Waals surface area (Å²) in [6, 6.07) is 15.8. The van der Waals surface area contributed by atoms with Gasteiger partial charge in [0.2, 0.25) is 0 Å². The van der Waals surface area contributed by atoms with E-state index in [0.717, 1.165) is 10.6 Å². The Morgan fingerprint density at radius 3 is 2.07 bits per heavy atom. The lowest BCUT2D eigenvalue weighted by atomic mass is 10.2. The van der Waals surface area contributed by atoms with Crippen molar-refractivity contribution in [2.45, 2.75) is 6.18 Å². The van der Waals surface area contributed by atoms with E-state index in [4.69, 9.17) is 12.2 Å². The predicted octanol–water partition coefficient (Wildman–Crippen LogP) is 3.02. The van der Waals surface area contributed by atoms with Crippen LogP contribution in [-0.4, -0.2) is 54.2 Å². The molecule has 0 aromatic heterocycles. The third-order valence-electron chi connectivity index (χ3n) is 4.56. The smallest absolute Gasteiger partial charge is 0.368 e. The van der Waals surface area contributed by atoms with Crippen molar-refractivity contribution < 1.29 is 22.8 Å². The van der Waals surface area contributed by atoms with E-state index >= 15 is 0 Å². The number of rotatable bonds is 3. The summed E-state index contributed by atoms with van der Waals surface area (Å²) in [4.78, 5) is 26.1. The number of halogens is 3. The third-order valence-corrected chi connectivity index (χ3v) is 4.77. The van der Waals surface area contributed by atoms with E-state index < -0.39 is 12.1 Å². The van der Waals surface area contributed by atoms with Gasteiger partial charge in [0.05, 0.1) is 0 Å². The first-order valence-corrected chi connectivity index (χ1v) is 9.53. The molecule has 1 aliphatic rings. The van der Waals surface area contributed by atoms with Gasteiger partial charge in [0.1, 0.15) is 0 Å². The highest BCUT2D eigenvalue weighted by Crippen LogP contribution is 2.23. The molecular weight excluding hydrogens is 417 g/mol. The van der Waals surface area contributed by atoms with Crippen LogP contribution in [0.4, 0.5) is 24.5 Å². The highest BCUT2D eigenvalue weighted by atomic mass is 32.1. The second-order valence-corrected chi connectivity index (χ2v) is 7.01. The number of carbonyl (C=O) groups excluding carboxylic acids is 2. The van der Waals surface area contributed by atoms with E-state index in [1.807, 2.05) is 11.0 Å². The van der Waals surface area contributed by atoms with Gasteiger partial charge in [0.25, 0.3) is 5.91 Å². The lowest BCUT2D eigenvalue weighted by Crippen LogP contribution is -2.52. The van der Waals surface area contributed by atoms with Gasteiger partial charge in [-0.2, -0.15) is 13.2 Å². The van der Waals surface area contributed by atoms with E-state index in [2.05, 4.69) is 10.6 Å². The zero-order valence-electron chi connectivity index (χ0n) is 15.8. The van der Waals surface area contributed by atoms with E-state index in [1.165, 1.54) is 0 Å². The molecule has 3 rings (SSSR count). The lowest BCUT2D eigenvalue weighted by Gasteiger charge is -2.36. The number of anilines is 2. The number of nitrogens with one attached hydrogen (secondary N) is 2. The van der Waals surface area contributed by atoms with Crippen LogP contribution in [0.25, 0.3) is 0 Å². The summed E-state index contributed by atoms with van der Waals surface area (Å²) in [7, 11) is 0. The average molecular weight is 436 g/mol. The molecule has 1 fully saturated rings. The Bertz CT molecular complexity index is 912. The standard InChI is InChI=1S/C20H19F3N4O2S/c21-20(22,23)18(29)27-12-10-26(11-13-27)16-8-6-15(7-9-16)24-19(30)25-17(28)14-4-2-1-3-5-14/h1-9H,10-13H2,(H2,24,25,28,30). The maximum atomic E-state index is 12.5. The van der Waals surface area contributed by atoms with Gasteiger partial charge in [-0.3, -0.25) is 14.9 Å². The Kier molecular flexibility index (Phi) is 6.56. The van der Waals surface area contributed by atoms with Crippen LogP contribution >= 0.6 is 12.2 Å². The molecule has 158 valence electrons. The number of alkyl halides is 3. The number of benzene rings is 2. The maximum Gasteiger partial charge on any atom is 0.471 e. The zero-order valence-corrected chi connectivity index (χ0v) is 16.6. The van der Waals surface area contributed by atoms with Gasteiger partial charge in [0, 0.05) is 43.1 Å². The molecule has 0 saturated carbocycles. The first-order valence-electron chi connectivity index (χ1n) is 9.12. The van der Waals surface area contributed by atoms with Gasteiger partial charge in [0.15, 0.2) is 5.11 Å². The number of hydrogen-bond donors (Lipinski definition) is 2. The van der Waals surface area contributed by atoms with Crippen LogP contribution in [0.3, 0.4) is 0 Å². The second-order valence-electron chi connectivity index (χ2n) is 6.60. The van der Waals surface area contributed by atoms with Crippen LogP contribution in [0.15, 0.2) is 54.6 Å². The summed E-state index contributed by atoms with van der Waals surface area (Å²) < 4.78 is 37.6. The van der Waals surface area contributed by atoms with Crippen molar-refractivity contribution in [2.75, 3.05) is 36.4 Å². The SMILES string of the molecule is O=C(NC(=S)Nc1ccc(N2CCN(C(=O)C(F)(F)F)CC2)cc1)c1ccccc1. The first kappa shape index (κ1) is 21.6. The van der Waals surface area contributed by atoms with Gasteiger partial charge in [-0.25, -0.2) is 0 Å². The van der Waals surface area contributed by atoms with Gasteiger partial charge >= 0.3 is 12.1 Å². The van der Waals surface area contributed by atoms with Gasteiger partial charge in [-0.05, 0) is 48.6 Å². The average Bonchev–Trinajstić information content (AvgIpc) is 2.74. The van der Waals surface area contributed by atoms with E-state index in [1.54, 1.807) is 48.5 Å². The quantitative estimate of drug-likeness (QED) is 0.725. The van der Waals surface area contributed by atoms with Crippen LogP contribution in [-0.2, 0) is 4.79 Å². The molecule has 0 atom stereocenters. The minimum atomic E-state index is -4.84. The molecule has 2 aromatic carbocycles. The Labute approximate surface area is 176 Å². The maximum absolute atomic E-state index is 12.5. The van der Waals surface area contributed by atoms with Crippen molar-refractivity contribution in [3.63, 3.8) is 0 Å². The van der Waals surface area contributed by atoms with E-state index in [0.29, 0.717) is 24.3 Å². The Balaban J connectivity index is 1.51. The number of thiocarbonyl (C=S) groups is 1. The molecule has 0 radical (unpaired) electrons. The van der Waals surface area contributed by atoms with Gasteiger partial charge < -0.3 is 15.1 Å². The van der Waals surface area contributed by atoms with Crippen molar-refractivity contribution in [3.05, 3.63) is 60.2 Å². The predicted molar refractivity (Wildman–Crippen MR) is 111 cm³/mol. The number of carbonyl (C=O) groups is 2. The van der Waals surface area contributed by atoms with Crippen molar-refractivity contribution in [1.82, 2.24) is 10.2 Å². The molecule has 0 spiro atoms. The highest BCUT2D eigenvalue weighted by Gasteiger charge is 2.43. The first-order chi connectivity index (χ1) is 14.2. The van der Waals surface area contributed by atoms with Crippen LogP contribution in [0.2, 0.25) is 0 Å². The number of amides is 2. The van der Waals surface area contributed by atoms with Gasteiger partial charge in [-0.1, -0.05) is 18.2 Å². The molecule has 2 amide bonds. The van der Waals surface area contributed by atoms with Crippen LogP contribution < -0.4 is 15.5 Å². The summed E-state index contributed by atoms with van der Waals surface area (Å²) in [5.41, 5.74) is 1.96. The van der Waals surface area contributed by atoms with E-state index in [-0.39, 0.29) is 24.1 Å². The van der Waals surface area contributed by atoms with Crippen LogP contribution in [0.5, 0.6) is 0 Å². The minimum Gasteiger partial charge on any atom is -0.368 e. The largest absolute Gasteiger partial charge is 0.471 e. The lowest BCUT2D eigenvalue weighted by molar-refractivity contribution is -0.185. The summed E-state index contributed by atoms with van der Waals surface area (Å²) >= 11 is 5.15. The van der Waals surface area contributed by atoms with E-state index in [9.17, 15) is 22.8 Å². The molecule has 2 aromatic rings. The molecule has 0 bridgehead atoms. The molecule has 2 N–H and O–H groups in total. The molecule has 10 heteroatoms. The minimum absolute atomic E-state index is 0.00789. The van der Waals surface area contributed by atoms with Crippen molar-refractivity contribution >= 4 is 40.5 Å². The monoisotopic (exact) mass is 436 g/mol. The van der Waals surface area contributed by atoms with Crippen molar-refractivity contribution in [1.29, 1.82) is 0 Å². The molecule has 30 heavy (non-hydrogen) atoms. The fourth-order valence-electron chi connectivity index (χ4n) is 3.03. The molecule has 1 saturated heterocycles. The zero-order chi connectivity index (χ0) is 21.7. The van der Waals surface area contributed by atoms with Crippen molar-refractivity contribution in [3.8, 4) is 0 Å². The summed E-state index contributed by atoms with van der Waals surface area (Å²) in [5.74, 6) is -2.12. The third kappa shape index (κ3) is 5.47. The molecule has 0 unspecified atom stereocenters. The number of nitrogens with zero attached hydrogens (tertiary/aromatic N) is 2.